The molecule has 0 atom stereocenters. The Morgan fingerprint density at radius 2 is 2.06 bits per heavy atom. The number of rotatable bonds is 6. The van der Waals surface area contributed by atoms with E-state index in [2.05, 4.69) is 4.98 Å². The van der Waals surface area contributed by atoms with Crippen LogP contribution in [0.3, 0.4) is 0 Å². The molecule has 0 bridgehead atoms. The van der Waals surface area contributed by atoms with Crippen LogP contribution in [0.25, 0.3) is 0 Å². The Morgan fingerprint density at radius 1 is 1.31 bits per heavy atom. The zero-order chi connectivity index (χ0) is 12.0. The number of hydrogen-bond acceptors (Lipinski definition) is 5. The standard InChI is InChI=1S/C9H13NO5S/c11-3-5-16(13,14)6-4-15-8-1-2-9(12)10-7-8/h1-2,7,11H,3-6H2,(H,10,12). The van der Waals surface area contributed by atoms with Crippen molar-refractivity contribution in [3.8, 4) is 5.75 Å². The summed E-state index contributed by atoms with van der Waals surface area (Å²) in [6.07, 6.45) is 1.36. The van der Waals surface area contributed by atoms with E-state index in [1.165, 1.54) is 18.3 Å². The van der Waals surface area contributed by atoms with Crippen molar-refractivity contribution in [1.29, 1.82) is 0 Å². The highest BCUT2D eigenvalue weighted by Crippen LogP contribution is 2.04. The van der Waals surface area contributed by atoms with Gasteiger partial charge in [0.1, 0.15) is 12.4 Å². The third kappa shape index (κ3) is 4.45. The Labute approximate surface area is 92.8 Å². The van der Waals surface area contributed by atoms with E-state index in [0.717, 1.165) is 0 Å². The predicted octanol–water partition coefficient (Wildman–Crippen LogP) is -0.839. The van der Waals surface area contributed by atoms with Crippen LogP contribution in [0.1, 0.15) is 0 Å². The largest absolute Gasteiger partial charge is 0.491 e. The van der Waals surface area contributed by atoms with Gasteiger partial charge in [0, 0.05) is 12.3 Å². The first-order valence-corrected chi connectivity index (χ1v) is 6.48. The molecule has 0 spiro atoms. The van der Waals surface area contributed by atoms with Gasteiger partial charge in [-0.05, 0) is 6.07 Å². The van der Waals surface area contributed by atoms with Crippen molar-refractivity contribution in [3.63, 3.8) is 0 Å². The number of aromatic amines is 1. The SMILES string of the molecule is O=c1ccc(OCCS(=O)(=O)CCO)c[nH]1. The quantitative estimate of drug-likeness (QED) is 0.683. The number of sulfone groups is 1. The average Bonchev–Trinajstić information content (AvgIpc) is 2.20. The summed E-state index contributed by atoms with van der Waals surface area (Å²) >= 11 is 0. The molecule has 16 heavy (non-hydrogen) atoms. The average molecular weight is 247 g/mol. The Morgan fingerprint density at radius 3 is 2.62 bits per heavy atom. The predicted molar refractivity (Wildman–Crippen MR) is 58.3 cm³/mol. The molecule has 0 unspecified atom stereocenters. The minimum absolute atomic E-state index is 0.00558. The Kier molecular flexibility index (Phi) is 4.51. The van der Waals surface area contributed by atoms with Crippen LogP contribution in [-0.2, 0) is 9.84 Å². The summed E-state index contributed by atoms with van der Waals surface area (Å²) in [5.41, 5.74) is -0.250. The van der Waals surface area contributed by atoms with E-state index in [1.54, 1.807) is 0 Å². The number of aromatic nitrogens is 1. The van der Waals surface area contributed by atoms with E-state index < -0.39 is 9.84 Å². The molecule has 0 saturated heterocycles. The first kappa shape index (κ1) is 12.7. The molecule has 7 heteroatoms. The van der Waals surface area contributed by atoms with Crippen LogP contribution in [0, 0.1) is 0 Å². The van der Waals surface area contributed by atoms with Gasteiger partial charge in [-0.3, -0.25) is 4.79 Å². The molecule has 0 aliphatic rings. The molecule has 0 amide bonds. The van der Waals surface area contributed by atoms with Crippen molar-refractivity contribution < 1.29 is 18.3 Å². The van der Waals surface area contributed by atoms with Gasteiger partial charge in [0.05, 0.1) is 18.1 Å². The molecule has 2 N–H and O–H groups in total. The van der Waals surface area contributed by atoms with Gasteiger partial charge in [-0.1, -0.05) is 0 Å². The summed E-state index contributed by atoms with van der Waals surface area (Å²) in [5, 5.41) is 8.49. The van der Waals surface area contributed by atoms with E-state index in [1.807, 2.05) is 0 Å². The fourth-order valence-electron chi connectivity index (χ4n) is 1.01. The highest BCUT2D eigenvalue weighted by Gasteiger charge is 2.09. The molecule has 0 aromatic carbocycles. The molecular formula is C9H13NO5S. The number of ether oxygens (including phenoxy) is 1. The second-order valence-electron chi connectivity index (χ2n) is 3.11. The van der Waals surface area contributed by atoms with Gasteiger partial charge < -0.3 is 14.8 Å². The maximum absolute atomic E-state index is 11.2. The second kappa shape index (κ2) is 5.66. The first-order chi connectivity index (χ1) is 7.53. The monoisotopic (exact) mass is 247 g/mol. The molecular weight excluding hydrogens is 234 g/mol. The van der Waals surface area contributed by atoms with Crippen LogP contribution < -0.4 is 10.3 Å². The van der Waals surface area contributed by atoms with Crippen molar-refractivity contribution in [2.24, 2.45) is 0 Å². The fraction of sp³-hybridized carbons (Fsp3) is 0.444. The van der Waals surface area contributed by atoms with Gasteiger partial charge in [0.25, 0.3) is 0 Å². The highest BCUT2D eigenvalue weighted by molar-refractivity contribution is 7.91. The molecule has 0 radical (unpaired) electrons. The number of aliphatic hydroxyl groups is 1. The van der Waals surface area contributed by atoms with Gasteiger partial charge in [0.2, 0.25) is 5.56 Å². The van der Waals surface area contributed by atoms with Crippen molar-refractivity contribution in [2.45, 2.75) is 0 Å². The lowest BCUT2D eigenvalue weighted by molar-refractivity contribution is 0.317. The van der Waals surface area contributed by atoms with Crippen LogP contribution in [-0.4, -0.2) is 43.2 Å². The topological polar surface area (TPSA) is 96.5 Å². The van der Waals surface area contributed by atoms with Crippen molar-refractivity contribution in [1.82, 2.24) is 4.98 Å². The normalized spacial score (nSPS) is 11.3. The molecule has 1 aromatic rings. The van der Waals surface area contributed by atoms with E-state index in [0.29, 0.717) is 5.75 Å². The lowest BCUT2D eigenvalue weighted by Crippen LogP contribution is -2.19. The molecule has 90 valence electrons. The van der Waals surface area contributed by atoms with Crippen LogP contribution >= 0.6 is 0 Å². The van der Waals surface area contributed by atoms with Crippen LogP contribution in [0.15, 0.2) is 23.1 Å². The third-order valence-corrected chi connectivity index (χ3v) is 3.41. The Bertz CT molecular complexity index is 458. The minimum Gasteiger partial charge on any atom is -0.491 e. The summed E-state index contributed by atoms with van der Waals surface area (Å²) in [6, 6.07) is 2.75. The van der Waals surface area contributed by atoms with E-state index in [9.17, 15) is 13.2 Å². The first-order valence-electron chi connectivity index (χ1n) is 4.66. The van der Waals surface area contributed by atoms with Crippen molar-refractivity contribution >= 4 is 9.84 Å². The lowest BCUT2D eigenvalue weighted by Gasteiger charge is -2.05. The molecule has 1 heterocycles. The third-order valence-electron chi connectivity index (χ3n) is 1.82. The van der Waals surface area contributed by atoms with E-state index in [-0.39, 0.29) is 30.3 Å². The molecule has 1 aromatic heterocycles. The minimum atomic E-state index is -3.26. The van der Waals surface area contributed by atoms with Gasteiger partial charge in [0.15, 0.2) is 9.84 Å². The second-order valence-corrected chi connectivity index (χ2v) is 5.42. The maximum atomic E-state index is 11.2. The highest BCUT2D eigenvalue weighted by atomic mass is 32.2. The Hall–Kier alpha value is -1.34. The molecule has 6 nitrogen and oxygen atoms in total. The summed E-state index contributed by atoms with van der Waals surface area (Å²) in [7, 11) is -3.26. The molecule has 1 rings (SSSR count). The zero-order valence-electron chi connectivity index (χ0n) is 8.55. The smallest absolute Gasteiger partial charge is 0.248 e. The van der Waals surface area contributed by atoms with E-state index in [4.69, 9.17) is 9.84 Å². The van der Waals surface area contributed by atoms with Crippen molar-refractivity contribution in [3.05, 3.63) is 28.7 Å². The number of aliphatic hydroxyl groups excluding tert-OH is 1. The zero-order valence-corrected chi connectivity index (χ0v) is 9.37. The number of nitrogens with one attached hydrogen (secondary N) is 1. The lowest BCUT2D eigenvalue weighted by atomic mass is 10.5. The van der Waals surface area contributed by atoms with Crippen LogP contribution in [0.4, 0.5) is 0 Å². The molecule has 0 aliphatic heterocycles. The summed E-state index contributed by atoms with van der Waals surface area (Å²) in [6.45, 7) is -0.393. The summed E-state index contributed by atoms with van der Waals surface area (Å²) in [4.78, 5) is 13.1. The van der Waals surface area contributed by atoms with Gasteiger partial charge >= 0.3 is 0 Å². The maximum Gasteiger partial charge on any atom is 0.248 e. The van der Waals surface area contributed by atoms with Gasteiger partial charge in [-0.2, -0.15) is 0 Å². The Balaban J connectivity index is 2.41. The number of H-pyrrole nitrogens is 1. The fourth-order valence-corrected chi connectivity index (χ4v) is 1.83. The van der Waals surface area contributed by atoms with Gasteiger partial charge in [-0.25, -0.2) is 8.42 Å². The van der Waals surface area contributed by atoms with Crippen LogP contribution in [0.2, 0.25) is 0 Å². The molecule has 0 saturated carbocycles. The van der Waals surface area contributed by atoms with E-state index >= 15 is 0 Å². The summed E-state index contributed by atoms with van der Waals surface area (Å²) in [5.74, 6) is -0.0203. The molecule has 0 aliphatic carbocycles. The molecule has 0 fully saturated rings. The number of pyridine rings is 1. The van der Waals surface area contributed by atoms with Crippen molar-refractivity contribution in [2.75, 3.05) is 24.7 Å². The van der Waals surface area contributed by atoms with Crippen LogP contribution in [0.5, 0.6) is 5.75 Å². The number of hydrogen-bond donors (Lipinski definition) is 2. The van der Waals surface area contributed by atoms with Gasteiger partial charge in [-0.15, -0.1) is 0 Å². The summed E-state index contributed by atoms with van der Waals surface area (Å²) < 4.78 is 27.5.